The number of non-ortho nitro benzene ring substituents is 1. The summed E-state index contributed by atoms with van der Waals surface area (Å²) in [5.41, 5.74) is 0.280. The lowest BCUT2D eigenvalue weighted by molar-refractivity contribution is -0.383. The molecule has 1 aromatic heterocycles. The number of rotatable bonds is 3. The van der Waals surface area contributed by atoms with Crippen LogP contribution in [0.3, 0.4) is 0 Å². The number of hydrogen-bond donors (Lipinski definition) is 2. The van der Waals surface area contributed by atoms with Crippen LogP contribution in [0.2, 0.25) is 0 Å². The minimum absolute atomic E-state index is 0.0971. The number of nitro benzene ring substituents is 1. The molecule has 0 amide bonds. The Bertz CT molecular complexity index is 686. The van der Waals surface area contributed by atoms with E-state index in [1.807, 2.05) is 0 Å². The van der Waals surface area contributed by atoms with Crippen LogP contribution in [0, 0.1) is 15.9 Å². The molecule has 1 saturated heterocycles. The van der Waals surface area contributed by atoms with Crippen LogP contribution in [0.15, 0.2) is 24.4 Å². The molecule has 110 valence electrons. The van der Waals surface area contributed by atoms with Gasteiger partial charge in [-0.15, -0.1) is 0 Å². The molecular formula is C14H15FN4O2. The highest BCUT2D eigenvalue weighted by molar-refractivity contribution is 5.97. The molecule has 0 aliphatic carbocycles. The smallest absolute Gasteiger partial charge is 0.281 e. The van der Waals surface area contributed by atoms with Gasteiger partial charge < -0.3 is 10.6 Å². The fourth-order valence-corrected chi connectivity index (χ4v) is 2.66. The van der Waals surface area contributed by atoms with E-state index in [0.717, 1.165) is 32.0 Å². The SMILES string of the molecule is O=[N+]([O-])c1cc(F)c(NC2CCCNC2)c2ncccc12. The van der Waals surface area contributed by atoms with Crippen LogP contribution in [-0.2, 0) is 0 Å². The first-order valence-electron chi connectivity index (χ1n) is 6.85. The van der Waals surface area contributed by atoms with E-state index < -0.39 is 10.7 Å². The van der Waals surface area contributed by atoms with E-state index in [-0.39, 0.29) is 17.4 Å². The summed E-state index contributed by atoms with van der Waals surface area (Å²) in [6.45, 7) is 1.70. The summed E-state index contributed by atoms with van der Waals surface area (Å²) in [6.07, 6.45) is 3.45. The van der Waals surface area contributed by atoms with Crippen molar-refractivity contribution < 1.29 is 9.31 Å². The second kappa shape index (κ2) is 5.61. The number of piperidine rings is 1. The monoisotopic (exact) mass is 290 g/mol. The molecule has 2 aromatic rings. The van der Waals surface area contributed by atoms with Gasteiger partial charge in [0.05, 0.1) is 22.1 Å². The summed E-state index contributed by atoms with van der Waals surface area (Å²) in [4.78, 5) is 14.6. The van der Waals surface area contributed by atoms with Crippen molar-refractivity contribution in [3.05, 3.63) is 40.3 Å². The molecule has 0 radical (unpaired) electrons. The predicted molar refractivity (Wildman–Crippen MR) is 77.9 cm³/mol. The second-order valence-corrected chi connectivity index (χ2v) is 5.10. The van der Waals surface area contributed by atoms with E-state index in [4.69, 9.17) is 0 Å². The Kier molecular flexibility index (Phi) is 3.66. The molecule has 1 atom stereocenters. The predicted octanol–water partition coefficient (Wildman–Crippen LogP) is 2.45. The van der Waals surface area contributed by atoms with Crippen molar-refractivity contribution in [3.63, 3.8) is 0 Å². The third-order valence-corrected chi connectivity index (χ3v) is 3.66. The van der Waals surface area contributed by atoms with Gasteiger partial charge in [-0.25, -0.2) is 4.39 Å². The van der Waals surface area contributed by atoms with Gasteiger partial charge in [0.25, 0.3) is 5.69 Å². The Morgan fingerprint density at radius 1 is 1.52 bits per heavy atom. The average molecular weight is 290 g/mol. The van der Waals surface area contributed by atoms with Crippen molar-refractivity contribution in [2.24, 2.45) is 0 Å². The van der Waals surface area contributed by atoms with Crippen molar-refractivity contribution in [1.29, 1.82) is 0 Å². The molecule has 2 N–H and O–H groups in total. The summed E-state index contributed by atoms with van der Waals surface area (Å²) in [7, 11) is 0. The van der Waals surface area contributed by atoms with Crippen LogP contribution in [0.4, 0.5) is 15.8 Å². The summed E-state index contributed by atoms with van der Waals surface area (Å²) < 4.78 is 14.3. The van der Waals surface area contributed by atoms with Crippen molar-refractivity contribution in [2.75, 3.05) is 18.4 Å². The first-order valence-corrected chi connectivity index (χ1v) is 6.85. The zero-order valence-corrected chi connectivity index (χ0v) is 11.3. The topological polar surface area (TPSA) is 80.1 Å². The minimum Gasteiger partial charge on any atom is -0.377 e. The van der Waals surface area contributed by atoms with Gasteiger partial charge in [0, 0.05) is 18.8 Å². The quantitative estimate of drug-likeness (QED) is 0.670. The maximum atomic E-state index is 14.3. The van der Waals surface area contributed by atoms with E-state index in [1.165, 1.54) is 6.20 Å². The van der Waals surface area contributed by atoms with Gasteiger partial charge in [0.2, 0.25) is 0 Å². The number of aromatic nitrogens is 1. The normalized spacial score (nSPS) is 18.6. The molecule has 0 spiro atoms. The van der Waals surface area contributed by atoms with E-state index >= 15 is 0 Å². The van der Waals surface area contributed by atoms with Crippen molar-refractivity contribution >= 4 is 22.3 Å². The molecule has 1 unspecified atom stereocenters. The maximum absolute atomic E-state index is 14.3. The van der Waals surface area contributed by atoms with Gasteiger partial charge in [-0.05, 0) is 31.5 Å². The molecule has 1 fully saturated rings. The molecule has 1 aliphatic heterocycles. The van der Waals surface area contributed by atoms with Gasteiger partial charge in [-0.2, -0.15) is 0 Å². The summed E-state index contributed by atoms with van der Waals surface area (Å²) in [6, 6.07) is 4.26. The Morgan fingerprint density at radius 3 is 3.10 bits per heavy atom. The third kappa shape index (κ3) is 2.64. The molecule has 1 aliphatic rings. The molecule has 2 heterocycles. The van der Waals surface area contributed by atoms with Gasteiger partial charge in [-0.3, -0.25) is 15.1 Å². The Hall–Kier alpha value is -2.28. The third-order valence-electron chi connectivity index (χ3n) is 3.66. The number of hydrogen-bond acceptors (Lipinski definition) is 5. The Balaban J connectivity index is 2.07. The molecule has 0 bridgehead atoms. The fourth-order valence-electron chi connectivity index (χ4n) is 2.66. The van der Waals surface area contributed by atoms with Gasteiger partial charge in [-0.1, -0.05) is 0 Å². The van der Waals surface area contributed by atoms with Crippen LogP contribution in [0.5, 0.6) is 0 Å². The number of halogens is 1. The van der Waals surface area contributed by atoms with E-state index in [0.29, 0.717) is 10.9 Å². The number of benzene rings is 1. The fraction of sp³-hybridized carbons (Fsp3) is 0.357. The average Bonchev–Trinajstić information content (AvgIpc) is 2.50. The largest absolute Gasteiger partial charge is 0.377 e. The summed E-state index contributed by atoms with van der Waals surface area (Å²) in [5, 5.41) is 17.8. The molecular weight excluding hydrogens is 275 g/mol. The van der Waals surface area contributed by atoms with Crippen molar-refractivity contribution in [1.82, 2.24) is 10.3 Å². The van der Waals surface area contributed by atoms with Crippen molar-refractivity contribution in [2.45, 2.75) is 18.9 Å². The number of nitro groups is 1. The number of pyridine rings is 1. The molecule has 1 aromatic carbocycles. The van der Waals surface area contributed by atoms with Crippen LogP contribution in [0.1, 0.15) is 12.8 Å². The van der Waals surface area contributed by atoms with Gasteiger partial charge in [0.1, 0.15) is 5.52 Å². The van der Waals surface area contributed by atoms with Crippen molar-refractivity contribution in [3.8, 4) is 0 Å². The Morgan fingerprint density at radius 2 is 2.38 bits per heavy atom. The van der Waals surface area contributed by atoms with E-state index in [1.54, 1.807) is 12.1 Å². The molecule has 21 heavy (non-hydrogen) atoms. The van der Waals surface area contributed by atoms with E-state index in [2.05, 4.69) is 15.6 Å². The lowest BCUT2D eigenvalue weighted by atomic mass is 10.1. The highest BCUT2D eigenvalue weighted by Crippen LogP contribution is 2.33. The maximum Gasteiger partial charge on any atom is 0.281 e. The summed E-state index contributed by atoms with van der Waals surface area (Å²) in [5.74, 6) is -0.640. The first kappa shape index (κ1) is 13.7. The molecule has 6 nitrogen and oxygen atoms in total. The highest BCUT2D eigenvalue weighted by atomic mass is 19.1. The standard InChI is InChI=1S/C14H15FN4O2/c15-11-7-12(19(20)21)10-4-2-6-17-13(10)14(11)18-9-3-1-5-16-8-9/h2,4,6-7,9,16,18H,1,3,5,8H2. The van der Waals surface area contributed by atoms with Crippen LogP contribution in [-0.4, -0.2) is 29.0 Å². The highest BCUT2D eigenvalue weighted by Gasteiger charge is 2.22. The molecule has 0 saturated carbocycles. The lowest BCUT2D eigenvalue weighted by Crippen LogP contribution is -2.38. The van der Waals surface area contributed by atoms with Gasteiger partial charge >= 0.3 is 0 Å². The first-order chi connectivity index (χ1) is 10.2. The number of nitrogens with zero attached hydrogens (tertiary/aromatic N) is 2. The zero-order chi connectivity index (χ0) is 14.8. The lowest BCUT2D eigenvalue weighted by Gasteiger charge is -2.25. The zero-order valence-electron chi connectivity index (χ0n) is 11.3. The molecule has 7 heteroatoms. The van der Waals surface area contributed by atoms with Gasteiger partial charge in [0.15, 0.2) is 5.82 Å². The summed E-state index contributed by atoms with van der Waals surface area (Å²) >= 11 is 0. The van der Waals surface area contributed by atoms with Crippen LogP contribution < -0.4 is 10.6 Å². The van der Waals surface area contributed by atoms with E-state index in [9.17, 15) is 14.5 Å². The van der Waals surface area contributed by atoms with Crippen LogP contribution in [0.25, 0.3) is 10.9 Å². The van der Waals surface area contributed by atoms with Crippen LogP contribution >= 0.6 is 0 Å². The second-order valence-electron chi connectivity index (χ2n) is 5.10. The molecule has 3 rings (SSSR count). The Labute approximate surface area is 120 Å². The number of nitrogens with one attached hydrogen (secondary N) is 2. The number of anilines is 1. The minimum atomic E-state index is -0.640. The number of fused-ring (bicyclic) bond motifs is 1.